The fourth-order valence-corrected chi connectivity index (χ4v) is 2.81. The number of halogens is 1. The molecule has 146 valence electrons. The number of rotatable bonds is 5. The normalized spacial score (nSPS) is 10.6. The molecule has 7 heteroatoms. The minimum atomic E-state index is -0.394. The minimum absolute atomic E-state index is 0.340. The van der Waals surface area contributed by atoms with Gasteiger partial charge < -0.3 is 10.1 Å². The van der Waals surface area contributed by atoms with Gasteiger partial charge in [-0.15, -0.1) is 0 Å². The zero-order valence-electron chi connectivity index (χ0n) is 15.6. The van der Waals surface area contributed by atoms with Crippen molar-refractivity contribution in [3.63, 3.8) is 0 Å². The molecule has 0 fully saturated rings. The van der Waals surface area contributed by atoms with Crippen LogP contribution >= 0.6 is 23.8 Å². The van der Waals surface area contributed by atoms with Crippen molar-refractivity contribution in [2.75, 3.05) is 5.32 Å². The third-order valence-electron chi connectivity index (χ3n) is 3.81. The van der Waals surface area contributed by atoms with Gasteiger partial charge in [0.15, 0.2) is 5.11 Å². The van der Waals surface area contributed by atoms with E-state index in [0.29, 0.717) is 21.4 Å². The summed E-state index contributed by atoms with van der Waals surface area (Å²) in [5.41, 5.74) is 5.84. The molecule has 0 heterocycles. The van der Waals surface area contributed by atoms with Crippen LogP contribution in [-0.4, -0.2) is 17.3 Å². The van der Waals surface area contributed by atoms with Gasteiger partial charge in [0.25, 0.3) is 0 Å². The number of carbonyl (C=O) groups excluding carboxylic acids is 1. The molecular weight excluding hydrogens is 406 g/mol. The first-order valence-electron chi connectivity index (χ1n) is 8.74. The number of thiocarbonyl (C=S) groups is 1. The van der Waals surface area contributed by atoms with Crippen LogP contribution in [0, 0.1) is 6.92 Å². The van der Waals surface area contributed by atoms with E-state index >= 15 is 0 Å². The number of hydrogen-bond donors (Lipinski definition) is 2. The van der Waals surface area contributed by atoms with Gasteiger partial charge in [-0.25, -0.2) is 4.79 Å². The number of hydrogen-bond acceptors (Lipinski definition) is 4. The van der Waals surface area contributed by atoms with E-state index in [0.717, 1.165) is 16.8 Å². The van der Waals surface area contributed by atoms with Gasteiger partial charge in [0.05, 0.1) is 11.8 Å². The average Bonchev–Trinajstić information content (AvgIpc) is 2.69. The van der Waals surface area contributed by atoms with Crippen molar-refractivity contribution in [2.45, 2.75) is 6.92 Å². The number of aryl methyl sites for hydroxylation is 1. The molecule has 0 aromatic heterocycles. The van der Waals surface area contributed by atoms with Gasteiger partial charge in [0.2, 0.25) is 0 Å². The Morgan fingerprint density at radius 3 is 2.55 bits per heavy atom. The van der Waals surface area contributed by atoms with Crippen LogP contribution < -0.4 is 15.5 Å². The van der Waals surface area contributed by atoms with Crippen LogP contribution in [-0.2, 0) is 0 Å². The lowest BCUT2D eigenvalue weighted by atomic mass is 10.1. The first-order valence-corrected chi connectivity index (χ1v) is 9.53. The third-order valence-corrected chi connectivity index (χ3v) is 4.24. The summed E-state index contributed by atoms with van der Waals surface area (Å²) in [6, 6.07) is 21.5. The summed E-state index contributed by atoms with van der Waals surface area (Å²) in [6.45, 7) is 1.93. The molecule has 0 radical (unpaired) electrons. The lowest BCUT2D eigenvalue weighted by molar-refractivity contribution is 0.0734. The molecule has 2 N–H and O–H groups in total. The molecule has 0 amide bonds. The zero-order valence-corrected chi connectivity index (χ0v) is 17.1. The van der Waals surface area contributed by atoms with Crippen LogP contribution in [0.3, 0.4) is 0 Å². The van der Waals surface area contributed by atoms with E-state index < -0.39 is 5.97 Å². The Balaban J connectivity index is 1.52. The van der Waals surface area contributed by atoms with Gasteiger partial charge in [0.1, 0.15) is 5.75 Å². The van der Waals surface area contributed by atoms with E-state index in [1.807, 2.05) is 31.2 Å². The Morgan fingerprint density at radius 1 is 1.07 bits per heavy atom. The van der Waals surface area contributed by atoms with E-state index in [9.17, 15) is 4.79 Å². The highest BCUT2D eigenvalue weighted by atomic mass is 35.5. The fourth-order valence-electron chi connectivity index (χ4n) is 2.45. The van der Waals surface area contributed by atoms with Crippen molar-refractivity contribution in [1.82, 2.24) is 5.43 Å². The van der Waals surface area contributed by atoms with Gasteiger partial charge in [0, 0.05) is 10.7 Å². The molecule has 5 nitrogen and oxygen atoms in total. The molecular formula is C22H18ClN3O2S. The monoisotopic (exact) mass is 423 g/mol. The molecule has 0 saturated heterocycles. The molecule has 0 aliphatic rings. The molecule has 0 bridgehead atoms. The largest absolute Gasteiger partial charge is 0.423 e. The van der Waals surface area contributed by atoms with Crippen LogP contribution in [0.4, 0.5) is 5.69 Å². The topological polar surface area (TPSA) is 62.7 Å². The van der Waals surface area contributed by atoms with E-state index in [-0.39, 0.29) is 0 Å². The third kappa shape index (κ3) is 6.41. The van der Waals surface area contributed by atoms with Gasteiger partial charge >= 0.3 is 5.97 Å². The van der Waals surface area contributed by atoms with E-state index in [2.05, 4.69) is 15.8 Å². The maximum atomic E-state index is 12.2. The first kappa shape index (κ1) is 20.5. The molecule has 3 rings (SSSR count). The summed E-state index contributed by atoms with van der Waals surface area (Å²) >= 11 is 11.1. The summed E-state index contributed by atoms with van der Waals surface area (Å²) in [5, 5.41) is 8.03. The van der Waals surface area contributed by atoms with Gasteiger partial charge in [-0.2, -0.15) is 5.10 Å². The second kappa shape index (κ2) is 9.82. The summed E-state index contributed by atoms with van der Waals surface area (Å²) < 4.78 is 5.39. The Kier molecular flexibility index (Phi) is 6.94. The van der Waals surface area contributed by atoms with E-state index in [4.69, 9.17) is 28.6 Å². The van der Waals surface area contributed by atoms with Gasteiger partial charge in [-0.3, -0.25) is 5.43 Å². The van der Waals surface area contributed by atoms with Crippen LogP contribution in [0.1, 0.15) is 21.5 Å². The molecule has 0 aliphatic carbocycles. The molecule has 3 aromatic rings. The van der Waals surface area contributed by atoms with Crippen molar-refractivity contribution in [2.24, 2.45) is 5.10 Å². The van der Waals surface area contributed by atoms with Gasteiger partial charge in [-0.05, 0) is 79.3 Å². The number of ether oxygens (including phenoxy) is 1. The number of carbonyl (C=O) groups is 1. The SMILES string of the molecule is Cc1cccc(C(=O)Oc2ccc(/C=N\NC(=S)Nc3cccc(Cl)c3)cc2)c1. The van der Waals surface area contributed by atoms with Gasteiger partial charge in [-0.1, -0.05) is 35.4 Å². The summed E-state index contributed by atoms with van der Waals surface area (Å²) in [5.74, 6) is 0.0639. The number of nitrogens with one attached hydrogen (secondary N) is 2. The Morgan fingerprint density at radius 2 is 1.83 bits per heavy atom. The molecule has 0 aliphatic heterocycles. The predicted octanol–water partition coefficient (Wildman–Crippen LogP) is 5.19. The van der Waals surface area contributed by atoms with E-state index in [1.54, 1.807) is 54.7 Å². The number of anilines is 1. The number of nitrogens with zero attached hydrogens (tertiary/aromatic N) is 1. The Bertz CT molecular complexity index is 1050. The molecule has 0 atom stereocenters. The van der Waals surface area contributed by atoms with Crippen LogP contribution in [0.25, 0.3) is 0 Å². The molecule has 0 spiro atoms. The highest BCUT2D eigenvalue weighted by Gasteiger charge is 2.08. The van der Waals surface area contributed by atoms with Crippen LogP contribution in [0.2, 0.25) is 5.02 Å². The van der Waals surface area contributed by atoms with E-state index in [1.165, 1.54) is 0 Å². The lowest BCUT2D eigenvalue weighted by Crippen LogP contribution is -2.23. The van der Waals surface area contributed by atoms with Crippen molar-refractivity contribution in [3.8, 4) is 5.75 Å². The summed E-state index contributed by atoms with van der Waals surface area (Å²) in [7, 11) is 0. The highest BCUT2D eigenvalue weighted by molar-refractivity contribution is 7.80. The number of hydrazone groups is 1. The Labute approximate surface area is 179 Å². The maximum Gasteiger partial charge on any atom is 0.343 e. The summed E-state index contributed by atoms with van der Waals surface area (Å²) in [4.78, 5) is 12.2. The maximum absolute atomic E-state index is 12.2. The smallest absolute Gasteiger partial charge is 0.343 e. The minimum Gasteiger partial charge on any atom is -0.423 e. The summed E-state index contributed by atoms with van der Waals surface area (Å²) in [6.07, 6.45) is 1.61. The fraction of sp³-hybridized carbons (Fsp3) is 0.0455. The number of esters is 1. The lowest BCUT2D eigenvalue weighted by Gasteiger charge is -2.07. The van der Waals surface area contributed by atoms with Crippen molar-refractivity contribution >= 4 is 46.8 Å². The van der Waals surface area contributed by atoms with Crippen molar-refractivity contribution < 1.29 is 9.53 Å². The molecule has 0 saturated carbocycles. The molecule has 29 heavy (non-hydrogen) atoms. The second-order valence-corrected chi connectivity index (χ2v) is 7.01. The standard InChI is InChI=1S/C22H18ClN3O2S/c1-15-4-2-5-17(12-15)21(27)28-20-10-8-16(9-11-20)14-24-26-22(29)25-19-7-3-6-18(23)13-19/h2-14H,1H3,(H2,25,26,29)/b24-14-. The second-order valence-electron chi connectivity index (χ2n) is 6.16. The predicted molar refractivity (Wildman–Crippen MR) is 121 cm³/mol. The van der Waals surface area contributed by atoms with Crippen molar-refractivity contribution in [3.05, 3.63) is 94.5 Å². The van der Waals surface area contributed by atoms with Crippen molar-refractivity contribution in [1.29, 1.82) is 0 Å². The highest BCUT2D eigenvalue weighted by Crippen LogP contribution is 2.15. The average molecular weight is 424 g/mol. The van der Waals surface area contributed by atoms with Crippen LogP contribution in [0.15, 0.2) is 77.9 Å². The molecule has 3 aromatic carbocycles. The Hall–Kier alpha value is -3.22. The zero-order chi connectivity index (χ0) is 20.6. The first-order chi connectivity index (χ1) is 14.0. The quantitative estimate of drug-likeness (QED) is 0.194. The molecule has 0 unspecified atom stereocenters. The number of benzene rings is 3. The van der Waals surface area contributed by atoms with Crippen LogP contribution in [0.5, 0.6) is 5.75 Å².